The van der Waals surface area contributed by atoms with Gasteiger partial charge in [-0.05, 0) is 81.6 Å². The van der Waals surface area contributed by atoms with Crippen LogP contribution in [0.1, 0.15) is 33.6 Å². The van der Waals surface area contributed by atoms with Gasteiger partial charge >= 0.3 is 6.09 Å². The number of carbonyl (C=O) groups is 1. The van der Waals surface area contributed by atoms with Crippen LogP contribution in [0.3, 0.4) is 0 Å². The molecule has 7 nitrogen and oxygen atoms in total. The highest BCUT2D eigenvalue weighted by Crippen LogP contribution is 2.35. The van der Waals surface area contributed by atoms with Crippen LogP contribution < -0.4 is 14.8 Å². The molecule has 0 saturated carbocycles. The maximum absolute atomic E-state index is 12.7. The summed E-state index contributed by atoms with van der Waals surface area (Å²) >= 11 is 0. The van der Waals surface area contributed by atoms with Crippen LogP contribution in [-0.2, 0) is 4.74 Å². The molecule has 0 bridgehead atoms. The number of anilines is 1. The third-order valence-corrected chi connectivity index (χ3v) is 5.80. The summed E-state index contributed by atoms with van der Waals surface area (Å²) in [7, 11) is 1.64. The van der Waals surface area contributed by atoms with Crippen molar-refractivity contribution in [1.82, 2.24) is 9.88 Å². The Labute approximate surface area is 207 Å². The quantitative estimate of drug-likeness (QED) is 0.429. The van der Waals surface area contributed by atoms with Crippen LogP contribution in [0.5, 0.6) is 17.2 Å². The minimum absolute atomic E-state index is 0.0525. The molecule has 35 heavy (non-hydrogen) atoms. The first-order valence-corrected chi connectivity index (χ1v) is 11.9. The molecule has 3 aromatic rings. The second kappa shape index (κ2) is 10.7. The Kier molecular flexibility index (Phi) is 7.44. The van der Waals surface area contributed by atoms with E-state index in [0.717, 1.165) is 35.4 Å². The first kappa shape index (κ1) is 24.4. The van der Waals surface area contributed by atoms with Gasteiger partial charge in [-0.1, -0.05) is 12.1 Å². The molecular formula is C28H33N3O4. The number of nitrogens with zero attached hydrogens (tertiary/aromatic N) is 2. The lowest BCUT2D eigenvalue weighted by atomic mass is 10.1. The number of hydrogen-bond acceptors (Lipinski definition) is 6. The summed E-state index contributed by atoms with van der Waals surface area (Å²) in [5.41, 5.74) is 2.34. The highest BCUT2D eigenvalue weighted by atomic mass is 16.6. The lowest BCUT2D eigenvalue weighted by molar-refractivity contribution is 0.0235. The monoisotopic (exact) mass is 475 g/mol. The van der Waals surface area contributed by atoms with Crippen LogP contribution in [0, 0.1) is 0 Å². The van der Waals surface area contributed by atoms with Gasteiger partial charge in [-0.15, -0.1) is 0 Å². The van der Waals surface area contributed by atoms with Gasteiger partial charge < -0.3 is 24.4 Å². The van der Waals surface area contributed by atoms with Crippen molar-refractivity contribution in [3.05, 3.63) is 67.0 Å². The van der Waals surface area contributed by atoms with E-state index < -0.39 is 5.60 Å². The molecule has 1 N–H and O–H groups in total. The van der Waals surface area contributed by atoms with Gasteiger partial charge in [-0.3, -0.25) is 4.98 Å². The topological polar surface area (TPSA) is 72.9 Å². The van der Waals surface area contributed by atoms with Crippen LogP contribution >= 0.6 is 0 Å². The normalized spacial score (nSPS) is 15.5. The molecule has 0 radical (unpaired) electrons. The fourth-order valence-corrected chi connectivity index (χ4v) is 4.07. The number of pyridine rings is 1. The highest BCUT2D eigenvalue weighted by Gasteiger charge is 2.32. The minimum atomic E-state index is -0.515. The Morgan fingerprint density at radius 2 is 1.86 bits per heavy atom. The Balaban J connectivity index is 1.54. The van der Waals surface area contributed by atoms with E-state index in [9.17, 15) is 4.79 Å². The molecule has 4 rings (SSSR count). The number of likely N-dealkylation sites (tertiary alicyclic amines) is 1. The molecule has 1 aliphatic rings. The van der Waals surface area contributed by atoms with Gasteiger partial charge in [0.05, 0.1) is 18.8 Å². The second-order valence-corrected chi connectivity index (χ2v) is 9.58. The molecule has 1 fully saturated rings. The zero-order valence-electron chi connectivity index (χ0n) is 20.8. The van der Waals surface area contributed by atoms with Crippen LogP contribution in [0.15, 0.2) is 67.0 Å². The third kappa shape index (κ3) is 6.44. The Morgan fingerprint density at radius 1 is 1.09 bits per heavy atom. The Hall–Kier alpha value is -3.74. The smallest absolute Gasteiger partial charge is 0.410 e. The van der Waals surface area contributed by atoms with Crippen LogP contribution in [0.25, 0.3) is 11.1 Å². The number of rotatable bonds is 7. The van der Waals surface area contributed by atoms with E-state index in [2.05, 4.69) is 10.3 Å². The van der Waals surface area contributed by atoms with Gasteiger partial charge in [0, 0.05) is 31.0 Å². The number of hydrogen-bond donors (Lipinski definition) is 1. The van der Waals surface area contributed by atoms with Crippen molar-refractivity contribution in [3.8, 4) is 28.4 Å². The lowest BCUT2D eigenvalue weighted by Gasteiger charge is -2.29. The van der Waals surface area contributed by atoms with E-state index in [1.807, 2.05) is 86.5 Å². The SMILES string of the molecule is COc1ccc(Oc2cc(-c3cccnc3)ccc2NCC2CCCN2C(=O)OC(C)(C)C)cc1. The summed E-state index contributed by atoms with van der Waals surface area (Å²) in [6.45, 7) is 6.98. The van der Waals surface area contributed by atoms with Crippen LogP contribution in [0.2, 0.25) is 0 Å². The standard InChI is InChI=1S/C28H33N3O4/c1-28(2,3)35-27(32)31-16-6-8-22(31)19-30-25-14-9-20(21-7-5-15-29-18-21)17-26(25)34-24-12-10-23(33-4)11-13-24/h5,7,9-15,17-18,22,30H,6,8,16,19H2,1-4H3. The fraction of sp³-hybridized carbons (Fsp3) is 0.357. The predicted molar refractivity (Wildman–Crippen MR) is 137 cm³/mol. The molecule has 1 amide bonds. The molecule has 0 aliphatic carbocycles. The van der Waals surface area contributed by atoms with Crippen molar-refractivity contribution in [2.24, 2.45) is 0 Å². The number of aromatic nitrogens is 1. The zero-order valence-corrected chi connectivity index (χ0v) is 20.8. The van der Waals surface area contributed by atoms with Gasteiger partial charge in [-0.25, -0.2) is 4.79 Å². The molecule has 1 aliphatic heterocycles. The molecule has 1 unspecified atom stereocenters. The maximum atomic E-state index is 12.7. The number of methoxy groups -OCH3 is 1. The molecule has 184 valence electrons. The van der Waals surface area contributed by atoms with Crippen molar-refractivity contribution in [2.45, 2.75) is 45.3 Å². The average molecular weight is 476 g/mol. The molecule has 1 atom stereocenters. The molecule has 7 heteroatoms. The number of nitrogens with one attached hydrogen (secondary N) is 1. The molecule has 2 aromatic carbocycles. The number of ether oxygens (including phenoxy) is 3. The Bertz CT molecular complexity index is 1130. The summed E-state index contributed by atoms with van der Waals surface area (Å²) in [6.07, 6.45) is 5.21. The van der Waals surface area contributed by atoms with Crippen molar-refractivity contribution in [1.29, 1.82) is 0 Å². The zero-order chi connectivity index (χ0) is 24.8. The fourth-order valence-electron chi connectivity index (χ4n) is 4.07. The highest BCUT2D eigenvalue weighted by molar-refractivity contribution is 5.71. The van der Waals surface area contributed by atoms with Gasteiger partial charge in [0.15, 0.2) is 5.75 Å². The van der Waals surface area contributed by atoms with Gasteiger partial charge in [0.1, 0.15) is 17.1 Å². The average Bonchev–Trinajstić information content (AvgIpc) is 3.32. The largest absolute Gasteiger partial charge is 0.497 e. The van der Waals surface area contributed by atoms with E-state index in [0.29, 0.717) is 24.6 Å². The first-order chi connectivity index (χ1) is 16.8. The van der Waals surface area contributed by atoms with E-state index in [4.69, 9.17) is 14.2 Å². The molecule has 1 aromatic heterocycles. The van der Waals surface area contributed by atoms with Gasteiger partial charge in [0.25, 0.3) is 0 Å². The molecule has 0 spiro atoms. The maximum Gasteiger partial charge on any atom is 0.410 e. The first-order valence-electron chi connectivity index (χ1n) is 11.9. The molecular weight excluding hydrogens is 442 g/mol. The van der Waals surface area contributed by atoms with Crippen molar-refractivity contribution < 1.29 is 19.0 Å². The van der Waals surface area contributed by atoms with E-state index >= 15 is 0 Å². The van der Waals surface area contributed by atoms with Crippen molar-refractivity contribution in [3.63, 3.8) is 0 Å². The predicted octanol–water partition coefficient (Wildman–Crippen LogP) is 6.36. The summed E-state index contributed by atoms with van der Waals surface area (Å²) in [5, 5.41) is 3.51. The van der Waals surface area contributed by atoms with Crippen molar-refractivity contribution in [2.75, 3.05) is 25.5 Å². The summed E-state index contributed by atoms with van der Waals surface area (Å²) in [5.74, 6) is 2.16. The van der Waals surface area contributed by atoms with Gasteiger partial charge in [0.2, 0.25) is 0 Å². The van der Waals surface area contributed by atoms with E-state index in [-0.39, 0.29) is 12.1 Å². The molecule has 2 heterocycles. The van der Waals surface area contributed by atoms with E-state index in [1.54, 1.807) is 13.3 Å². The second-order valence-electron chi connectivity index (χ2n) is 9.58. The van der Waals surface area contributed by atoms with Crippen LogP contribution in [-0.4, -0.2) is 47.8 Å². The Morgan fingerprint density at radius 3 is 2.54 bits per heavy atom. The third-order valence-electron chi connectivity index (χ3n) is 5.80. The van der Waals surface area contributed by atoms with E-state index in [1.165, 1.54) is 0 Å². The van der Waals surface area contributed by atoms with Crippen LogP contribution in [0.4, 0.5) is 10.5 Å². The summed E-state index contributed by atoms with van der Waals surface area (Å²) in [6, 6.07) is 17.5. The summed E-state index contributed by atoms with van der Waals surface area (Å²) in [4.78, 5) is 18.7. The molecule has 1 saturated heterocycles. The lowest BCUT2D eigenvalue weighted by Crippen LogP contribution is -2.42. The summed E-state index contributed by atoms with van der Waals surface area (Å²) < 4.78 is 17.1. The van der Waals surface area contributed by atoms with Crippen molar-refractivity contribution >= 4 is 11.8 Å². The number of amides is 1. The number of benzene rings is 2. The minimum Gasteiger partial charge on any atom is -0.497 e. The van der Waals surface area contributed by atoms with Gasteiger partial charge in [-0.2, -0.15) is 0 Å². The number of carbonyl (C=O) groups excluding carboxylic acids is 1.